The molecule has 4 nitrogen and oxygen atoms in total. The molecule has 4 heteroatoms. The summed E-state index contributed by atoms with van der Waals surface area (Å²) >= 11 is 0. The standard InChI is InChI=1S/C16H14O4/c17-15(20-16(18)19)14(13-9-5-2-6-10-13)11-12-7-3-1-4-8-12/h1-10,14H,11H2,(H,18,19). The highest BCUT2D eigenvalue weighted by Crippen LogP contribution is 2.22. The van der Waals surface area contributed by atoms with E-state index < -0.39 is 18.0 Å². The maximum Gasteiger partial charge on any atom is 0.513 e. The molecule has 0 aliphatic carbocycles. The molecule has 0 radical (unpaired) electrons. The third kappa shape index (κ3) is 3.68. The number of hydrogen-bond donors (Lipinski definition) is 1. The predicted molar refractivity (Wildman–Crippen MR) is 73.4 cm³/mol. The lowest BCUT2D eigenvalue weighted by Crippen LogP contribution is -2.20. The maximum atomic E-state index is 12.0. The van der Waals surface area contributed by atoms with Crippen LogP contribution in [0.2, 0.25) is 0 Å². The molecule has 2 aromatic carbocycles. The quantitative estimate of drug-likeness (QED) is 0.684. The van der Waals surface area contributed by atoms with Crippen molar-refractivity contribution in [2.75, 3.05) is 0 Å². The zero-order chi connectivity index (χ0) is 14.4. The number of rotatable bonds is 4. The topological polar surface area (TPSA) is 63.6 Å². The summed E-state index contributed by atoms with van der Waals surface area (Å²) in [6.07, 6.45) is -1.18. The van der Waals surface area contributed by atoms with Gasteiger partial charge in [0.2, 0.25) is 0 Å². The summed E-state index contributed by atoms with van der Waals surface area (Å²) in [7, 11) is 0. The van der Waals surface area contributed by atoms with Gasteiger partial charge in [-0.1, -0.05) is 60.7 Å². The average Bonchev–Trinajstić information content (AvgIpc) is 2.46. The molecule has 0 amide bonds. The Hall–Kier alpha value is -2.62. The van der Waals surface area contributed by atoms with Crippen LogP contribution in [0.4, 0.5) is 4.79 Å². The van der Waals surface area contributed by atoms with Crippen LogP contribution in [-0.4, -0.2) is 17.2 Å². The van der Waals surface area contributed by atoms with Crippen LogP contribution < -0.4 is 0 Å². The van der Waals surface area contributed by atoms with Crippen LogP contribution in [0.15, 0.2) is 60.7 Å². The van der Waals surface area contributed by atoms with Crippen LogP contribution in [0, 0.1) is 0 Å². The lowest BCUT2D eigenvalue weighted by atomic mass is 9.92. The molecule has 1 atom stereocenters. The van der Waals surface area contributed by atoms with Crippen molar-refractivity contribution in [3.63, 3.8) is 0 Å². The second kappa shape index (κ2) is 6.52. The Labute approximate surface area is 116 Å². The number of carboxylic acid groups (broad SMARTS) is 1. The first-order chi connectivity index (χ1) is 9.66. The molecule has 102 valence electrons. The molecule has 2 aromatic rings. The fourth-order valence-corrected chi connectivity index (χ4v) is 2.03. The summed E-state index contributed by atoms with van der Waals surface area (Å²) in [4.78, 5) is 22.5. The lowest BCUT2D eigenvalue weighted by Gasteiger charge is -2.14. The third-order valence-electron chi connectivity index (χ3n) is 2.96. The molecule has 0 aliphatic rings. The van der Waals surface area contributed by atoms with Crippen LogP contribution in [0.25, 0.3) is 0 Å². The first-order valence-electron chi connectivity index (χ1n) is 6.20. The van der Waals surface area contributed by atoms with E-state index in [1.807, 2.05) is 36.4 Å². The van der Waals surface area contributed by atoms with Crippen LogP contribution >= 0.6 is 0 Å². The molecule has 0 fully saturated rings. The Morgan fingerprint density at radius 1 is 0.950 bits per heavy atom. The molecular weight excluding hydrogens is 256 g/mol. The van der Waals surface area contributed by atoms with Crippen molar-refractivity contribution < 1.29 is 19.4 Å². The third-order valence-corrected chi connectivity index (χ3v) is 2.96. The van der Waals surface area contributed by atoms with E-state index in [4.69, 9.17) is 5.11 Å². The normalized spacial score (nSPS) is 11.6. The van der Waals surface area contributed by atoms with Crippen molar-refractivity contribution in [2.24, 2.45) is 0 Å². The highest BCUT2D eigenvalue weighted by Gasteiger charge is 2.24. The Morgan fingerprint density at radius 3 is 2.05 bits per heavy atom. The molecule has 1 N–H and O–H groups in total. The van der Waals surface area contributed by atoms with Gasteiger partial charge in [-0.2, -0.15) is 0 Å². The molecule has 0 heterocycles. The second-order valence-corrected chi connectivity index (χ2v) is 4.34. The Balaban J connectivity index is 2.25. The summed E-state index contributed by atoms with van der Waals surface area (Å²) in [6.45, 7) is 0. The van der Waals surface area contributed by atoms with Crippen molar-refractivity contribution in [1.29, 1.82) is 0 Å². The number of benzene rings is 2. The summed E-state index contributed by atoms with van der Waals surface area (Å²) < 4.78 is 4.32. The Bertz CT molecular complexity index is 578. The van der Waals surface area contributed by atoms with Gasteiger partial charge in [-0.25, -0.2) is 4.79 Å². The van der Waals surface area contributed by atoms with Gasteiger partial charge in [-0.3, -0.25) is 4.79 Å². The smallest absolute Gasteiger partial charge is 0.449 e. The fourth-order valence-electron chi connectivity index (χ4n) is 2.03. The van der Waals surface area contributed by atoms with Crippen LogP contribution in [0.5, 0.6) is 0 Å². The van der Waals surface area contributed by atoms with E-state index in [2.05, 4.69) is 4.74 Å². The molecule has 0 spiro atoms. The van der Waals surface area contributed by atoms with E-state index in [1.165, 1.54) is 0 Å². The van der Waals surface area contributed by atoms with Crippen molar-refractivity contribution >= 4 is 12.1 Å². The molecule has 20 heavy (non-hydrogen) atoms. The van der Waals surface area contributed by atoms with Gasteiger partial charge in [0.05, 0.1) is 5.92 Å². The monoisotopic (exact) mass is 270 g/mol. The Morgan fingerprint density at radius 2 is 1.50 bits per heavy atom. The zero-order valence-corrected chi connectivity index (χ0v) is 10.7. The van der Waals surface area contributed by atoms with E-state index in [0.29, 0.717) is 6.42 Å². The SMILES string of the molecule is O=C(O)OC(=O)C(Cc1ccccc1)c1ccccc1. The zero-order valence-electron chi connectivity index (χ0n) is 10.7. The van der Waals surface area contributed by atoms with Crippen LogP contribution in [0.1, 0.15) is 17.0 Å². The molecular formula is C16H14O4. The number of esters is 1. The van der Waals surface area contributed by atoms with Crippen molar-refractivity contribution in [3.05, 3.63) is 71.8 Å². The first kappa shape index (κ1) is 13.8. The van der Waals surface area contributed by atoms with Gasteiger partial charge in [0, 0.05) is 0 Å². The van der Waals surface area contributed by atoms with E-state index in [1.54, 1.807) is 24.3 Å². The van der Waals surface area contributed by atoms with Gasteiger partial charge in [0.15, 0.2) is 0 Å². The van der Waals surface area contributed by atoms with Gasteiger partial charge in [0.25, 0.3) is 0 Å². The molecule has 1 unspecified atom stereocenters. The van der Waals surface area contributed by atoms with E-state index in [0.717, 1.165) is 11.1 Å². The van der Waals surface area contributed by atoms with Crippen molar-refractivity contribution in [3.8, 4) is 0 Å². The largest absolute Gasteiger partial charge is 0.513 e. The molecule has 0 aliphatic heterocycles. The highest BCUT2D eigenvalue weighted by molar-refractivity contribution is 5.86. The number of carbonyl (C=O) groups excluding carboxylic acids is 1. The summed E-state index contributed by atoms with van der Waals surface area (Å²) in [5.41, 5.74) is 1.69. The van der Waals surface area contributed by atoms with E-state index >= 15 is 0 Å². The fraction of sp³-hybridized carbons (Fsp3) is 0.125. The summed E-state index contributed by atoms with van der Waals surface area (Å²) in [5, 5.41) is 8.60. The van der Waals surface area contributed by atoms with Gasteiger partial charge >= 0.3 is 12.1 Å². The lowest BCUT2D eigenvalue weighted by molar-refractivity contribution is -0.140. The predicted octanol–water partition coefficient (Wildman–Crippen LogP) is 3.23. The van der Waals surface area contributed by atoms with Gasteiger partial charge in [-0.05, 0) is 17.5 Å². The molecule has 0 aromatic heterocycles. The maximum absolute atomic E-state index is 12.0. The molecule has 0 saturated heterocycles. The van der Waals surface area contributed by atoms with Crippen LogP contribution in [0.3, 0.4) is 0 Å². The van der Waals surface area contributed by atoms with E-state index in [-0.39, 0.29) is 0 Å². The summed E-state index contributed by atoms with van der Waals surface area (Å²) in [5.74, 6) is -1.39. The Kier molecular flexibility index (Phi) is 4.50. The number of ether oxygens (including phenoxy) is 1. The minimum absolute atomic E-state index is 0.400. The molecule has 2 rings (SSSR count). The molecule has 0 bridgehead atoms. The minimum atomic E-state index is -1.58. The van der Waals surface area contributed by atoms with E-state index in [9.17, 15) is 9.59 Å². The second-order valence-electron chi connectivity index (χ2n) is 4.34. The number of carbonyl (C=O) groups is 2. The average molecular weight is 270 g/mol. The molecule has 0 saturated carbocycles. The highest BCUT2D eigenvalue weighted by atomic mass is 16.7. The first-order valence-corrected chi connectivity index (χ1v) is 6.20. The summed E-state index contributed by atoms with van der Waals surface area (Å²) in [6, 6.07) is 18.5. The van der Waals surface area contributed by atoms with Gasteiger partial charge in [-0.15, -0.1) is 0 Å². The minimum Gasteiger partial charge on any atom is -0.449 e. The van der Waals surface area contributed by atoms with Crippen LogP contribution in [-0.2, 0) is 16.0 Å². The number of hydrogen-bond acceptors (Lipinski definition) is 3. The van der Waals surface area contributed by atoms with Gasteiger partial charge < -0.3 is 9.84 Å². The van der Waals surface area contributed by atoms with Crippen molar-refractivity contribution in [2.45, 2.75) is 12.3 Å². The van der Waals surface area contributed by atoms with Crippen molar-refractivity contribution in [1.82, 2.24) is 0 Å². The van der Waals surface area contributed by atoms with Gasteiger partial charge in [0.1, 0.15) is 0 Å².